The van der Waals surface area contributed by atoms with Gasteiger partial charge in [-0.15, -0.1) is 0 Å². The Morgan fingerprint density at radius 2 is 1.92 bits per heavy atom. The van der Waals surface area contributed by atoms with E-state index in [2.05, 4.69) is 9.71 Å². The maximum atomic E-state index is 13.2. The highest BCUT2D eigenvalue weighted by Crippen LogP contribution is 2.44. The predicted molar refractivity (Wildman–Crippen MR) is 143 cm³/mol. The van der Waals surface area contributed by atoms with E-state index in [4.69, 9.17) is 9.47 Å². The van der Waals surface area contributed by atoms with Crippen LogP contribution in [0.4, 0.5) is 5.82 Å². The van der Waals surface area contributed by atoms with Gasteiger partial charge in [0, 0.05) is 25.9 Å². The van der Waals surface area contributed by atoms with Gasteiger partial charge in [0.1, 0.15) is 5.82 Å². The van der Waals surface area contributed by atoms with Crippen LogP contribution >= 0.6 is 0 Å². The Labute approximate surface area is 224 Å². The number of nitrogens with zero attached hydrogens (tertiary/aromatic N) is 2. The molecule has 2 N–H and O–H groups in total. The largest absolute Gasteiger partial charge is 0.490 e. The average Bonchev–Trinajstić information content (AvgIpc) is 3.56. The molecule has 0 spiro atoms. The molecule has 2 aromatic rings. The summed E-state index contributed by atoms with van der Waals surface area (Å²) in [7, 11) is -4.22. The predicted octanol–water partition coefficient (Wildman–Crippen LogP) is 3.73. The first kappa shape index (κ1) is 26.7. The van der Waals surface area contributed by atoms with Crippen LogP contribution in [0.2, 0.25) is 0 Å². The number of aryl methyl sites for hydroxylation is 1. The van der Waals surface area contributed by atoms with Crippen molar-refractivity contribution >= 4 is 21.7 Å². The van der Waals surface area contributed by atoms with Crippen molar-refractivity contribution in [2.24, 2.45) is 5.92 Å². The molecule has 0 bridgehead atoms. The Bertz CT molecular complexity index is 1260. The molecule has 1 saturated heterocycles. The van der Waals surface area contributed by atoms with E-state index in [0.29, 0.717) is 62.2 Å². The van der Waals surface area contributed by atoms with Crippen LogP contribution in [0.5, 0.6) is 11.5 Å². The molecule has 38 heavy (non-hydrogen) atoms. The summed E-state index contributed by atoms with van der Waals surface area (Å²) in [5.74, 6) is 1.44. The number of hydrogen-bond donors (Lipinski definition) is 2. The number of carbonyl (C=O) groups is 1. The summed E-state index contributed by atoms with van der Waals surface area (Å²) in [5.41, 5.74) is -0.310. The molecule has 1 aromatic carbocycles. The second kappa shape index (κ2) is 11.1. The topological polar surface area (TPSA) is 118 Å². The Kier molecular flexibility index (Phi) is 7.81. The summed E-state index contributed by atoms with van der Waals surface area (Å²) in [5, 5.41) is 9.56. The minimum atomic E-state index is -4.22. The van der Waals surface area contributed by atoms with Crippen LogP contribution in [0.1, 0.15) is 63.4 Å². The number of β-amino-alcohol motifs (C(OH)–C–C–N with tert-alkyl or cyclic N) is 1. The van der Waals surface area contributed by atoms with E-state index in [1.54, 1.807) is 12.1 Å². The van der Waals surface area contributed by atoms with E-state index in [1.807, 2.05) is 30.0 Å². The molecular weight excluding hydrogens is 506 g/mol. The first-order valence-electron chi connectivity index (χ1n) is 13.6. The molecule has 1 amide bonds. The smallest absolute Gasteiger partial charge is 0.281 e. The van der Waals surface area contributed by atoms with Crippen molar-refractivity contribution in [3.05, 3.63) is 42.0 Å². The van der Waals surface area contributed by atoms with Gasteiger partial charge in [-0.1, -0.05) is 44.2 Å². The summed E-state index contributed by atoms with van der Waals surface area (Å²) >= 11 is 0. The van der Waals surface area contributed by atoms with E-state index >= 15 is 0 Å². The number of aromatic nitrogens is 1. The summed E-state index contributed by atoms with van der Waals surface area (Å²) in [6.45, 7) is 3.48. The fourth-order valence-corrected chi connectivity index (χ4v) is 6.28. The van der Waals surface area contributed by atoms with Crippen molar-refractivity contribution < 1.29 is 27.8 Å². The van der Waals surface area contributed by atoms with Crippen molar-refractivity contribution in [3.63, 3.8) is 0 Å². The monoisotopic (exact) mass is 543 g/mol. The van der Waals surface area contributed by atoms with Gasteiger partial charge in [0.05, 0.1) is 12.7 Å². The van der Waals surface area contributed by atoms with Crippen LogP contribution in [0.25, 0.3) is 0 Å². The molecule has 3 aliphatic rings. The number of sulfonamides is 1. The van der Waals surface area contributed by atoms with Crippen molar-refractivity contribution in [2.75, 3.05) is 24.6 Å². The highest BCUT2D eigenvalue weighted by Gasteiger charge is 2.54. The zero-order valence-corrected chi connectivity index (χ0v) is 22.7. The molecule has 206 valence electrons. The summed E-state index contributed by atoms with van der Waals surface area (Å²) < 4.78 is 40.6. The third kappa shape index (κ3) is 6.23. The van der Waals surface area contributed by atoms with Gasteiger partial charge in [0.25, 0.3) is 15.9 Å². The maximum absolute atomic E-state index is 13.2. The number of aliphatic hydroxyl groups is 1. The molecule has 10 heteroatoms. The molecular formula is C28H37N3O6S. The third-order valence-corrected chi connectivity index (χ3v) is 8.96. The molecule has 2 aliphatic carbocycles. The standard InChI is InChI=1S/C28H37N3O6S/c1-20-10-11-23(36-17-13-21-6-3-2-4-7-21)24(18-20)37-28(14-15-28)27(33)30-38(34,35)26-9-5-8-25(29-26)31-16-12-22(32)19-31/h5,8-11,18,21-22,32H,2-4,6-7,12-17,19H2,1H3,(H,30,33). The Morgan fingerprint density at radius 3 is 2.63 bits per heavy atom. The molecule has 9 nitrogen and oxygen atoms in total. The van der Waals surface area contributed by atoms with E-state index in [1.165, 1.54) is 38.2 Å². The number of pyridine rings is 1. The van der Waals surface area contributed by atoms with Gasteiger partial charge in [0.2, 0.25) is 0 Å². The van der Waals surface area contributed by atoms with Crippen molar-refractivity contribution in [1.29, 1.82) is 0 Å². The molecule has 2 saturated carbocycles. The minimum Gasteiger partial charge on any atom is -0.490 e. The number of carbonyl (C=O) groups excluding carboxylic acids is 1. The van der Waals surface area contributed by atoms with Crippen molar-refractivity contribution in [3.8, 4) is 11.5 Å². The van der Waals surface area contributed by atoms with Gasteiger partial charge < -0.3 is 19.5 Å². The van der Waals surface area contributed by atoms with Gasteiger partial charge in [-0.2, -0.15) is 8.42 Å². The molecule has 3 fully saturated rings. The number of amides is 1. The Hall–Kier alpha value is -2.85. The second-order valence-corrected chi connectivity index (χ2v) is 12.5. The first-order chi connectivity index (χ1) is 18.2. The zero-order valence-electron chi connectivity index (χ0n) is 21.9. The Morgan fingerprint density at radius 1 is 1.13 bits per heavy atom. The lowest BCUT2D eigenvalue weighted by Crippen LogP contribution is -2.43. The fourth-order valence-electron chi connectivity index (χ4n) is 5.27. The van der Waals surface area contributed by atoms with Crippen LogP contribution in [0.3, 0.4) is 0 Å². The molecule has 5 rings (SSSR count). The minimum absolute atomic E-state index is 0.247. The summed E-state index contributed by atoms with van der Waals surface area (Å²) in [6.07, 6.45) is 8.30. The molecule has 1 aliphatic heterocycles. The normalized spacial score (nSPS) is 21.2. The lowest BCUT2D eigenvalue weighted by atomic mass is 9.87. The van der Waals surface area contributed by atoms with Crippen molar-refractivity contribution in [2.45, 2.75) is 81.4 Å². The lowest BCUT2D eigenvalue weighted by molar-refractivity contribution is -0.128. The van der Waals surface area contributed by atoms with Gasteiger partial charge in [-0.05, 0) is 55.5 Å². The maximum Gasteiger partial charge on any atom is 0.281 e. The van der Waals surface area contributed by atoms with Crippen LogP contribution in [0.15, 0.2) is 41.4 Å². The highest BCUT2D eigenvalue weighted by atomic mass is 32.2. The lowest BCUT2D eigenvalue weighted by Gasteiger charge is -2.23. The third-order valence-electron chi connectivity index (χ3n) is 7.73. The van der Waals surface area contributed by atoms with Gasteiger partial charge in [-0.3, -0.25) is 4.79 Å². The number of aliphatic hydroxyl groups excluding tert-OH is 1. The zero-order chi connectivity index (χ0) is 26.8. The summed E-state index contributed by atoms with van der Waals surface area (Å²) in [6, 6.07) is 10.2. The van der Waals surface area contributed by atoms with Gasteiger partial charge in [-0.25, -0.2) is 9.71 Å². The quantitative estimate of drug-likeness (QED) is 0.466. The number of rotatable bonds is 10. The van der Waals surface area contributed by atoms with E-state index < -0.39 is 27.6 Å². The van der Waals surface area contributed by atoms with Crippen LogP contribution in [-0.4, -0.2) is 55.8 Å². The van der Waals surface area contributed by atoms with Gasteiger partial charge in [0.15, 0.2) is 22.1 Å². The van der Waals surface area contributed by atoms with E-state index in [9.17, 15) is 18.3 Å². The van der Waals surface area contributed by atoms with Crippen LogP contribution < -0.4 is 19.1 Å². The molecule has 1 aromatic heterocycles. The summed E-state index contributed by atoms with van der Waals surface area (Å²) in [4.78, 5) is 19.3. The van der Waals surface area contributed by atoms with E-state index in [-0.39, 0.29) is 5.03 Å². The van der Waals surface area contributed by atoms with Crippen LogP contribution in [-0.2, 0) is 14.8 Å². The molecule has 2 heterocycles. The second-order valence-electron chi connectivity index (χ2n) is 10.8. The Balaban J connectivity index is 1.25. The van der Waals surface area contributed by atoms with E-state index in [0.717, 1.165) is 12.0 Å². The van der Waals surface area contributed by atoms with Crippen LogP contribution in [0, 0.1) is 12.8 Å². The first-order valence-corrected chi connectivity index (χ1v) is 15.1. The molecule has 1 unspecified atom stereocenters. The van der Waals surface area contributed by atoms with Gasteiger partial charge >= 0.3 is 0 Å². The number of hydrogen-bond acceptors (Lipinski definition) is 8. The molecule has 0 radical (unpaired) electrons. The number of anilines is 1. The fraction of sp³-hybridized carbons (Fsp3) is 0.571. The average molecular weight is 544 g/mol. The van der Waals surface area contributed by atoms with Crippen molar-refractivity contribution in [1.82, 2.24) is 9.71 Å². The number of nitrogens with one attached hydrogen (secondary N) is 1. The molecule has 1 atom stereocenters. The number of benzene rings is 1. The number of ether oxygens (including phenoxy) is 2. The SMILES string of the molecule is Cc1ccc(OCCC2CCCCC2)c(OC2(C(=O)NS(=O)(=O)c3cccc(N4CCC(O)C4)n3)CC2)c1. The highest BCUT2D eigenvalue weighted by molar-refractivity contribution is 7.90.